The summed E-state index contributed by atoms with van der Waals surface area (Å²) in [4.78, 5) is 0. The quantitative estimate of drug-likeness (QED) is 0.513. The van der Waals surface area contributed by atoms with Gasteiger partial charge < -0.3 is 9.53 Å². The van der Waals surface area contributed by atoms with Gasteiger partial charge in [0.25, 0.3) is 0 Å². The summed E-state index contributed by atoms with van der Waals surface area (Å²) in [6.45, 7) is 14.1. The topological polar surface area (TPSA) is 29.5 Å². The maximum atomic E-state index is 10.9. The highest BCUT2D eigenvalue weighted by atomic mass is 28.4. The van der Waals surface area contributed by atoms with Crippen molar-refractivity contribution in [3.05, 3.63) is 11.6 Å². The first kappa shape index (κ1) is 18.7. The minimum atomic E-state index is -1.82. The van der Waals surface area contributed by atoms with Crippen LogP contribution >= 0.6 is 0 Å². The van der Waals surface area contributed by atoms with Crippen molar-refractivity contribution in [3.8, 4) is 0 Å². The van der Waals surface area contributed by atoms with Crippen LogP contribution in [0.25, 0.3) is 0 Å². The average molecular weight is 351 g/mol. The average Bonchev–Trinajstić information content (AvgIpc) is 2.60. The fourth-order valence-electron chi connectivity index (χ4n) is 5.30. The Balaban J connectivity index is 2.03. The first-order valence-corrected chi connectivity index (χ1v) is 13.1. The minimum absolute atomic E-state index is 0.117. The zero-order valence-corrected chi connectivity index (χ0v) is 17.7. The summed E-state index contributed by atoms with van der Waals surface area (Å²) in [6.07, 6.45) is 11.1. The monoisotopic (exact) mass is 350 g/mol. The molecule has 24 heavy (non-hydrogen) atoms. The number of allylic oxidation sites excluding steroid dienone is 1. The molecule has 0 aromatic rings. The number of aliphatic hydroxyl groups is 1. The number of hydrogen-bond donors (Lipinski definition) is 1. The van der Waals surface area contributed by atoms with Gasteiger partial charge in [-0.25, -0.2) is 0 Å². The lowest BCUT2D eigenvalue weighted by molar-refractivity contribution is 0.0149. The lowest BCUT2D eigenvalue weighted by atomic mass is 9.71. The molecule has 0 heterocycles. The third-order valence-electron chi connectivity index (χ3n) is 7.67. The molecule has 1 N–H and O–H groups in total. The molecule has 138 valence electrons. The predicted octanol–water partition coefficient (Wildman–Crippen LogP) is 5.67. The molecule has 0 aliphatic heterocycles. The first-order chi connectivity index (χ1) is 11.1. The van der Waals surface area contributed by atoms with Crippen molar-refractivity contribution in [2.24, 2.45) is 17.3 Å². The van der Waals surface area contributed by atoms with E-state index in [-0.39, 0.29) is 16.6 Å². The van der Waals surface area contributed by atoms with Gasteiger partial charge in [-0.2, -0.15) is 0 Å². The molecule has 3 heteroatoms. The van der Waals surface area contributed by atoms with Crippen LogP contribution in [-0.2, 0) is 4.43 Å². The zero-order chi connectivity index (χ0) is 17.8. The van der Waals surface area contributed by atoms with E-state index < -0.39 is 8.32 Å². The maximum Gasteiger partial charge on any atom is 0.192 e. The summed E-state index contributed by atoms with van der Waals surface area (Å²) in [6, 6.07) is 0. The van der Waals surface area contributed by atoms with E-state index in [2.05, 4.69) is 46.9 Å². The summed E-state index contributed by atoms with van der Waals surface area (Å²) in [5.41, 5.74) is 1.47. The summed E-state index contributed by atoms with van der Waals surface area (Å²) in [5.74, 6) is 1.05. The fraction of sp³-hybridized carbons (Fsp3) is 0.905. The molecule has 0 aromatic heterocycles. The summed E-state index contributed by atoms with van der Waals surface area (Å²) >= 11 is 0. The van der Waals surface area contributed by atoms with Gasteiger partial charge in [-0.05, 0) is 67.6 Å². The van der Waals surface area contributed by atoms with Crippen LogP contribution in [0.2, 0.25) is 18.1 Å². The Bertz CT molecular complexity index is 504. The molecule has 0 radical (unpaired) electrons. The second kappa shape index (κ2) is 6.24. The van der Waals surface area contributed by atoms with Crippen LogP contribution in [0, 0.1) is 17.3 Å². The third kappa shape index (κ3) is 2.95. The van der Waals surface area contributed by atoms with Crippen molar-refractivity contribution in [2.45, 2.75) is 103 Å². The number of fused-ring (bicyclic) bond motifs is 1. The highest BCUT2D eigenvalue weighted by molar-refractivity contribution is 6.74. The van der Waals surface area contributed by atoms with Crippen LogP contribution in [0.5, 0.6) is 0 Å². The van der Waals surface area contributed by atoms with E-state index >= 15 is 0 Å². The van der Waals surface area contributed by atoms with E-state index in [0.717, 1.165) is 12.8 Å². The Morgan fingerprint density at radius 3 is 2.58 bits per heavy atom. The van der Waals surface area contributed by atoms with E-state index in [1.165, 1.54) is 37.7 Å². The van der Waals surface area contributed by atoms with Crippen molar-refractivity contribution in [2.75, 3.05) is 0 Å². The van der Waals surface area contributed by atoms with Crippen molar-refractivity contribution >= 4 is 8.32 Å². The highest BCUT2D eigenvalue weighted by Gasteiger charge is 2.57. The number of rotatable bonds is 2. The van der Waals surface area contributed by atoms with Gasteiger partial charge in [0.1, 0.15) is 0 Å². The van der Waals surface area contributed by atoms with Crippen molar-refractivity contribution in [1.29, 1.82) is 0 Å². The predicted molar refractivity (Wildman–Crippen MR) is 104 cm³/mol. The summed E-state index contributed by atoms with van der Waals surface area (Å²) in [5, 5.41) is 11.1. The van der Waals surface area contributed by atoms with Crippen molar-refractivity contribution in [3.63, 3.8) is 0 Å². The van der Waals surface area contributed by atoms with Gasteiger partial charge in [-0.15, -0.1) is 0 Å². The lowest BCUT2D eigenvalue weighted by Gasteiger charge is -2.48. The van der Waals surface area contributed by atoms with Gasteiger partial charge in [-0.1, -0.05) is 46.6 Å². The molecule has 0 unspecified atom stereocenters. The van der Waals surface area contributed by atoms with Gasteiger partial charge >= 0.3 is 0 Å². The Morgan fingerprint density at radius 2 is 1.92 bits per heavy atom. The molecule has 2 bridgehead atoms. The van der Waals surface area contributed by atoms with Crippen LogP contribution in [0.1, 0.15) is 72.6 Å². The molecule has 0 amide bonds. The molecule has 1 spiro atoms. The van der Waals surface area contributed by atoms with Crippen molar-refractivity contribution < 1.29 is 9.53 Å². The molecule has 0 aromatic carbocycles. The number of hydrogen-bond acceptors (Lipinski definition) is 2. The van der Waals surface area contributed by atoms with E-state index in [1.807, 2.05) is 0 Å². The molecule has 5 atom stereocenters. The van der Waals surface area contributed by atoms with Crippen LogP contribution in [0.3, 0.4) is 0 Å². The lowest BCUT2D eigenvalue weighted by Crippen LogP contribution is -2.51. The van der Waals surface area contributed by atoms with Crippen LogP contribution in [0.15, 0.2) is 11.6 Å². The van der Waals surface area contributed by atoms with Crippen LogP contribution in [-0.4, -0.2) is 25.6 Å². The second-order valence-corrected chi connectivity index (χ2v) is 15.1. The molecule has 0 saturated heterocycles. The molecule has 2 saturated carbocycles. The summed E-state index contributed by atoms with van der Waals surface area (Å²) in [7, 11) is -1.82. The molecular weight excluding hydrogens is 312 g/mol. The van der Waals surface area contributed by atoms with E-state index in [0.29, 0.717) is 17.9 Å². The Hall–Kier alpha value is -0.123. The molecule has 2 fully saturated rings. The van der Waals surface area contributed by atoms with Crippen molar-refractivity contribution in [1.82, 2.24) is 0 Å². The normalized spacial score (nSPS) is 40.5. The Kier molecular flexibility index (Phi) is 4.85. The van der Waals surface area contributed by atoms with Gasteiger partial charge in [0, 0.05) is 5.41 Å². The molecule has 3 aliphatic rings. The zero-order valence-electron chi connectivity index (χ0n) is 16.7. The first-order valence-electron chi connectivity index (χ1n) is 10.1. The SMILES string of the molecule is C[C@@H]1C[C@@]23CCCC[C@@H](CCC=C2[C@H]1O)[C@H]3O[Si](C)(C)C(C)(C)C. The van der Waals surface area contributed by atoms with Gasteiger partial charge in [-0.3, -0.25) is 0 Å². The maximum absolute atomic E-state index is 10.9. The van der Waals surface area contributed by atoms with Crippen LogP contribution in [0.4, 0.5) is 0 Å². The smallest absolute Gasteiger partial charge is 0.192 e. The molecule has 3 aliphatic carbocycles. The number of aliphatic hydroxyl groups excluding tert-OH is 1. The largest absolute Gasteiger partial charge is 0.413 e. The van der Waals surface area contributed by atoms with E-state index in [1.54, 1.807) is 0 Å². The molecule has 3 rings (SSSR count). The Labute approximate surface area is 150 Å². The van der Waals surface area contributed by atoms with Gasteiger partial charge in [0.2, 0.25) is 0 Å². The summed E-state index contributed by atoms with van der Waals surface area (Å²) < 4.78 is 7.16. The minimum Gasteiger partial charge on any atom is -0.413 e. The van der Waals surface area contributed by atoms with E-state index in [4.69, 9.17) is 4.43 Å². The van der Waals surface area contributed by atoms with E-state index in [9.17, 15) is 5.11 Å². The fourth-order valence-corrected chi connectivity index (χ4v) is 6.71. The van der Waals surface area contributed by atoms with Gasteiger partial charge in [0.05, 0.1) is 12.2 Å². The molecular formula is C21H38O2Si. The molecule has 2 nitrogen and oxygen atoms in total. The standard InChI is InChI=1S/C21H38O2Si/c1-15-14-21-13-8-7-10-16(11-9-12-17(21)18(15)22)19(21)23-24(5,6)20(2,3)4/h12,15-16,18-19,22H,7-11,13-14H2,1-6H3/t15-,16+,18+,19-,21+/m1/s1. The Morgan fingerprint density at radius 1 is 1.21 bits per heavy atom. The second-order valence-electron chi connectivity index (χ2n) is 10.3. The highest BCUT2D eigenvalue weighted by Crippen LogP contribution is 2.59. The third-order valence-corrected chi connectivity index (χ3v) is 12.1. The van der Waals surface area contributed by atoms with Crippen LogP contribution < -0.4 is 0 Å². The van der Waals surface area contributed by atoms with Gasteiger partial charge in [0.15, 0.2) is 8.32 Å².